The highest BCUT2D eigenvalue weighted by Gasteiger charge is 2.39. The molecule has 2 amide bonds. The van der Waals surface area contributed by atoms with Gasteiger partial charge < -0.3 is 15.0 Å². The van der Waals surface area contributed by atoms with Crippen molar-refractivity contribution < 1.29 is 14.3 Å². The number of esters is 1. The second-order valence-electron chi connectivity index (χ2n) is 8.26. The molecule has 0 saturated heterocycles. The van der Waals surface area contributed by atoms with E-state index in [1.165, 1.54) is 19.3 Å². The Kier molecular flexibility index (Phi) is 7.88. The SMILES string of the molecule is CCC1=NC(=O)NC(c2ccc(N(CC)CC)cc2)C1C(=O)OCC1CCCCC1. The number of nitrogens with zero attached hydrogens (tertiary/aromatic N) is 2. The van der Waals surface area contributed by atoms with Gasteiger partial charge in [0.1, 0.15) is 5.92 Å². The quantitative estimate of drug-likeness (QED) is 0.616. The van der Waals surface area contributed by atoms with Gasteiger partial charge in [0.2, 0.25) is 0 Å². The van der Waals surface area contributed by atoms with E-state index in [1.807, 2.05) is 19.1 Å². The normalized spacial score (nSPS) is 22.2. The van der Waals surface area contributed by atoms with Crippen LogP contribution in [0.4, 0.5) is 10.5 Å². The summed E-state index contributed by atoms with van der Waals surface area (Å²) in [5.41, 5.74) is 2.64. The maximum atomic E-state index is 13.1. The Morgan fingerprint density at radius 3 is 2.37 bits per heavy atom. The summed E-state index contributed by atoms with van der Waals surface area (Å²) in [6.45, 7) is 8.51. The highest BCUT2D eigenvalue weighted by molar-refractivity contribution is 6.09. The maximum Gasteiger partial charge on any atom is 0.341 e. The van der Waals surface area contributed by atoms with Crippen LogP contribution >= 0.6 is 0 Å². The van der Waals surface area contributed by atoms with E-state index in [1.54, 1.807) is 0 Å². The van der Waals surface area contributed by atoms with Gasteiger partial charge in [-0.3, -0.25) is 4.79 Å². The molecule has 1 aromatic carbocycles. The van der Waals surface area contributed by atoms with E-state index in [0.717, 1.165) is 37.2 Å². The molecule has 164 valence electrons. The van der Waals surface area contributed by atoms with Gasteiger partial charge in [-0.15, -0.1) is 0 Å². The molecule has 0 spiro atoms. The molecule has 2 atom stereocenters. The predicted molar refractivity (Wildman–Crippen MR) is 120 cm³/mol. The lowest BCUT2D eigenvalue weighted by Gasteiger charge is -2.32. The van der Waals surface area contributed by atoms with E-state index in [0.29, 0.717) is 24.7 Å². The van der Waals surface area contributed by atoms with E-state index >= 15 is 0 Å². The number of nitrogens with one attached hydrogen (secondary N) is 1. The molecular weight excluding hydrogens is 378 g/mol. The smallest absolute Gasteiger partial charge is 0.341 e. The van der Waals surface area contributed by atoms with E-state index < -0.39 is 12.0 Å². The summed E-state index contributed by atoms with van der Waals surface area (Å²) in [7, 11) is 0. The standard InChI is InChI=1S/C24H35N3O3/c1-4-20-21(23(28)30-16-17-10-8-7-9-11-17)22(26-24(29)25-20)18-12-14-19(15-13-18)27(5-2)6-3/h12-15,17,21-22H,4-11,16H2,1-3H3,(H,26,29). The van der Waals surface area contributed by atoms with Crippen molar-refractivity contribution in [2.45, 2.75) is 65.3 Å². The van der Waals surface area contributed by atoms with E-state index in [-0.39, 0.29) is 12.0 Å². The summed E-state index contributed by atoms with van der Waals surface area (Å²) >= 11 is 0. The Bertz CT molecular complexity index is 749. The highest BCUT2D eigenvalue weighted by atomic mass is 16.5. The first-order chi connectivity index (χ1) is 14.6. The highest BCUT2D eigenvalue weighted by Crippen LogP contribution is 2.31. The summed E-state index contributed by atoms with van der Waals surface area (Å²) in [6, 6.07) is 7.26. The van der Waals surface area contributed by atoms with Gasteiger partial charge in [0, 0.05) is 24.5 Å². The molecular formula is C24H35N3O3. The maximum absolute atomic E-state index is 13.1. The van der Waals surface area contributed by atoms with Crippen molar-refractivity contribution >= 4 is 23.4 Å². The van der Waals surface area contributed by atoms with Gasteiger partial charge in [0.05, 0.1) is 12.6 Å². The summed E-state index contributed by atoms with van der Waals surface area (Å²) in [5, 5.41) is 2.90. The average Bonchev–Trinajstić information content (AvgIpc) is 2.78. The van der Waals surface area contributed by atoms with Gasteiger partial charge in [0.15, 0.2) is 0 Å². The summed E-state index contributed by atoms with van der Waals surface area (Å²) in [5.74, 6) is -0.399. The van der Waals surface area contributed by atoms with Crippen LogP contribution < -0.4 is 10.2 Å². The van der Waals surface area contributed by atoms with E-state index in [9.17, 15) is 9.59 Å². The number of ether oxygens (including phenoxy) is 1. The predicted octanol–water partition coefficient (Wildman–Crippen LogP) is 4.89. The first kappa shape index (κ1) is 22.3. The number of amides is 2. The monoisotopic (exact) mass is 413 g/mol. The lowest BCUT2D eigenvalue weighted by atomic mass is 9.86. The van der Waals surface area contributed by atoms with E-state index in [4.69, 9.17) is 4.74 Å². The molecule has 6 heteroatoms. The number of hydrogen-bond donors (Lipinski definition) is 1. The van der Waals surface area contributed by atoms with Crippen molar-refractivity contribution in [2.24, 2.45) is 16.8 Å². The number of aliphatic imine (C=N–C) groups is 1. The molecule has 1 N–H and O–H groups in total. The van der Waals surface area contributed by atoms with Crippen molar-refractivity contribution in [3.05, 3.63) is 29.8 Å². The molecule has 0 bridgehead atoms. The summed E-state index contributed by atoms with van der Waals surface area (Å²) in [4.78, 5) is 31.7. The summed E-state index contributed by atoms with van der Waals surface area (Å²) in [6.07, 6.45) is 6.50. The molecule has 1 aromatic rings. The fourth-order valence-corrected chi connectivity index (χ4v) is 4.61. The van der Waals surface area contributed by atoms with Gasteiger partial charge >= 0.3 is 12.0 Å². The fraction of sp³-hybridized carbons (Fsp3) is 0.625. The third kappa shape index (κ3) is 5.21. The molecule has 30 heavy (non-hydrogen) atoms. The van der Waals surface area contributed by atoms with Crippen LogP contribution in [0.2, 0.25) is 0 Å². The molecule has 0 aromatic heterocycles. The molecule has 2 aliphatic rings. The first-order valence-corrected chi connectivity index (χ1v) is 11.5. The molecule has 0 radical (unpaired) electrons. The van der Waals surface area contributed by atoms with Gasteiger partial charge in [0.25, 0.3) is 0 Å². The van der Waals surface area contributed by atoms with Crippen LogP contribution in [0.25, 0.3) is 0 Å². The Morgan fingerprint density at radius 2 is 1.77 bits per heavy atom. The van der Waals surface area contributed by atoms with Crippen LogP contribution in [0.3, 0.4) is 0 Å². The molecule has 1 aliphatic heterocycles. The molecule has 1 saturated carbocycles. The minimum absolute atomic E-state index is 0.279. The molecule has 1 fully saturated rings. The van der Waals surface area contributed by atoms with Gasteiger partial charge in [-0.1, -0.05) is 38.3 Å². The lowest BCUT2D eigenvalue weighted by Crippen LogP contribution is -2.45. The number of rotatable bonds is 8. The zero-order valence-corrected chi connectivity index (χ0v) is 18.5. The third-order valence-corrected chi connectivity index (χ3v) is 6.40. The fourth-order valence-electron chi connectivity index (χ4n) is 4.61. The topological polar surface area (TPSA) is 71.0 Å². The summed E-state index contributed by atoms with van der Waals surface area (Å²) < 4.78 is 5.76. The van der Waals surface area contributed by atoms with Crippen LogP contribution in [0, 0.1) is 11.8 Å². The third-order valence-electron chi connectivity index (χ3n) is 6.40. The second kappa shape index (κ2) is 10.6. The number of benzene rings is 1. The van der Waals surface area contributed by atoms with Crippen LogP contribution in [0.15, 0.2) is 29.3 Å². The number of anilines is 1. The number of hydrogen-bond acceptors (Lipinski definition) is 4. The molecule has 1 aliphatic carbocycles. The van der Waals surface area contributed by atoms with Crippen molar-refractivity contribution in [3.63, 3.8) is 0 Å². The second-order valence-corrected chi connectivity index (χ2v) is 8.26. The Balaban J connectivity index is 1.79. The zero-order valence-electron chi connectivity index (χ0n) is 18.5. The van der Waals surface area contributed by atoms with Crippen molar-refractivity contribution in [3.8, 4) is 0 Å². The van der Waals surface area contributed by atoms with Crippen LogP contribution in [-0.2, 0) is 9.53 Å². The van der Waals surface area contributed by atoms with Crippen molar-refractivity contribution in [1.29, 1.82) is 0 Å². The molecule has 6 nitrogen and oxygen atoms in total. The van der Waals surface area contributed by atoms with E-state index in [2.05, 4.69) is 41.2 Å². The Hall–Kier alpha value is -2.37. The minimum atomic E-state index is -0.574. The lowest BCUT2D eigenvalue weighted by molar-refractivity contribution is -0.148. The minimum Gasteiger partial charge on any atom is -0.465 e. The Morgan fingerprint density at radius 1 is 1.10 bits per heavy atom. The van der Waals surface area contributed by atoms with Crippen molar-refractivity contribution in [1.82, 2.24) is 5.32 Å². The van der Waals surface area contributed by atoms with Crippen LogP contribution in [0.5, 0.6) is 0 Å². The van der Waals surface area contributed by atoms with Crippen LogP contribution in [-0.4, -0.2) is 37.4 Å². The molecule has 2 unspecified atom stereocenters. The largest absolute Gasteiger partial charge is 0.465 e. The van der Waals surface area contributed by atoms with Gasteiger partial charge in [-0.25, -0.2) is 9.79 Å². The van der Waals surface area contributed by atoms with Gasteiger partial charge in [-0.05, 0) is 56.7 Å². The van der Waals surface area contributed by atoms with Gasteiger partial charge in [-0.2, -0.15) is 0 Å². The molecule has 3 rings (SSSR count). The molecule has 1 heterocycles. The number of carbonyl (C=O) groups is 2. The number of carbonyl (C=O) groups excluding carboxylic acids is 2. The first-order valence-electron chi connectivity index (χ1n) is 11.5. The average molecular weight is 414 g/mol. The van der Waals surface area contributed by atoms with Crippen LogP contribution in [0.1, 0.15) is 70.9 Å². The Labute approximate surface area is 180 Å². The van der Waals surface area contributed by atoms with Crippen molar-refractivity contribution in [2.75, 3.05) is 24.6 Å². The zero-order chi connectivity index (χ0) is 21.5. The number of urea groups is 1.